The number of aliphatic hydroxyl groups excluding tert-OH is 3. The van der Waals surface area contributed by atoms with E-state index in [1.54, 1.807) is 7.11 Å². The number of carbonyl (C=O) groups excluding carboxylic acids is 1. The molecule has 148 valence electrons. The first-order valence-electron chi connectivity index (χ1n) is 8.16. The fourth-order valence-corrected chi connectivity index (χ4v) is 2.30. The van der Waals surface area contributed by atoms with Crippen molar-refractivity contribution in [2.75, 3.05) is 53.4 Å². The monoisotopic (exact) mass is 367 g/mol. The molecule has 0 unspecified atom stereocenters. The van der Waals surface area contributed by atoms with Gasteiger partial charge in [-0.05, 0) is 0 Å². The van der Waals surface area contributed by atoms with Crippen LogP contribution in [0.25, 0.3) is 0 Å². The van der Waals surface area contributed by atoms with E-state index in [1.807, 2.05) is 0 Å². The van der Waals surface area contributed by atoms with E-state index in [-0.39, 0.29) is 13.2 Å². The van der Waals surface area contributed by atoms with Crippen LogP contribution in [0.2, 0.25) is 0 Å². The molecule has 1 heterocycles. The maximum absolute atomic E-state index is 11.3. The van der Waals surface area contributed by atoms with Crippen LogP contribution in [0.15, 0.2) is 0 Å². The summed E-state index contributed by atoms with van der Waals surface area (Å²) in [5, 5.41) is 31.7. The average molecular weight is 367 g/mol. The largest absolute Gasteiger partial charge is 0.394 e. The maximum atomic E-state index is 11.3. The molecule has 25 heavy (non-hydrogen) atoms. The number of carbonyl (C=O) groups is 1. The van der Waals surface area contributed by atoms with Crippen LogP contribution in [0, 0.1) is 0 Å². The average Bonchev–Trinajstić information content (AvgIpc) is 2.59. The molecule has 0 saturated carbocycles. The Kier molecular flexibility index (Phi) is 11.1. The van der Waals surface area contributed by atoms with Gasteiger partial charge in [-0.15, -0.1) is 0 Å². The van der Waals surface area contributed by atoms with Gasteiger partial charge in [0.2, 0.25) is 5.91 Å². The number of ether oxygens (including phenoxy) is 5. The number of nitrogens with one attached hydrogen (secondary N) is 1. The summed E-state index contributed by atoms with van der Waals surface area (Å²) in [4.78, 5) is 11.3. The topological polar surface area (TPSA) is 136 Å². The van der Waals surface area contributed by atoms with Gasteiger partial charge < -0.3 is 44.3 Å². The van der Waals surface area contributed by atoms with E-state index < -0.39 is 43.2 Å². The molecule has 0 spiro atoms. The minimum atomic E-state index is -1.33. The molecular weight excluding hydrogens is 338 g/mol. The summed E-state index contributed by atoms with van der Waals surface area (Å²) in [6.07, 6.45) is -4.67. The Bertz CT molecular complexity index is 371. The molecule has 0 bridgehead atoms. The second kappa shape index (κ2) is 12.5. The van der Waals surface area contributed by atoms with Gasteiger partial charge in [-0.1, -0.05) is 0 Å². The van der Waals surface area contributed by atoms with Crippen molar-refractivity contribution >= 4 is 5.91 Å². The molecule has 0 aliphatic carbocycles. The van der Waals surface area contributed by atoms with Crippen molar-refractivity contribution in [1.29, 1.82) is 0 Å². The predicted molar refractivity (Wildman–Crippen MR) is 84.8 cm³/mol. The highest BCUT2D eigenvalue weighted by Crippen LogP contribution is 2.22. The van der Waals surface area contributed by atoms with Gasteiger partial charge in [0, 0.05) is 14.0 Å². The lowest BCUT2D eigenvalue weighted by atomic mass is 9.97. The first-order chi connectivity index (χ1) is 12.0. The van der Waals surface area contributed by atoms with Crippen LogP contribution in [0.5, 0.6) is 0 Å². The number of aliphatic hydroxyl groups is 3. The Hall–Kier alpha value is -0.850. The fraction of sp³-hybridized carbons (Fsp3) is 0.933. The van der Waals surface area contributed by atoms with Gasteiger partial charge in [0.25, 0.3) is 0 Å². The van der Waals surface area contributed by atoms with E-state index >= 15 is 0 Å². The van der Waals surface area contributed by atoms with Gasteiger partial charge >= 0.3 is 0 Å². The molecule has 10 nitrogen and oxygen atoms in total. The molecule has 4 N–H and O–H groups in total. The number of hydrogen-bond donors (Lipinski definition) is 4. The lowest BCUT2D eigenvalue weighted by Crippen LogP contribution is -2.64. The molecule has 0 aromatic heterocycles. The zero-order valence-corrected chi connectivity index (χ0v) is 14.6. The van der Waals surface area contributed by atoms with Gasteiger partial charge in [0.1, 0.15) is 24.4 Å². The van der Waals surface area contributed by atoms with Crippen LogP contribution >= 0.6 is 0 Å². The van der Waals surface area contributed by atoms with Crippen LogP contribution < -0.4 is 5.32 Å². The lowest BCUT2D eigenvalue weighted by Gasteiger charge is -2.42. The maximum Gasteiger partial charge on any atom is 0.217 e. The third kappa shape index (κ3) is 7.92. The van der Waals surface area contributed by atoms with E-state index in [0.717, 1.165) is 0 Å². The third-order valence-corrected chi connectivity index (χ3v) is 3.56. The lowest BCUT2D eigenvalue weighted by molar-refractivity contribution is -0.272. The van der Waals surface area contributed by atoms with E-state index in [9.17, 15) is 20.1 Å². The molecule has 1 aliphatic heterocycles. The highest BCUT2D eigenvalue weighted by atomic mass is 16.7. The van der Waals surface area contributed by atoms with E-state index in [1.165, 1.54) is 6.92 Å². The van der Waals surface area contributed by atoms with Crippen LogP contribution in [-0.2, 0) is 28.5 Å². The van der Waals surface area contributed by atoms with Crippen molar-refractivity contribution in [1.82, 2.24) is 5.32 Å². The smallest absolute Gasteiger partial charge is 0.217 e. The number of methoxy groups -OCH3 is 1. The van der Waals surface area contributed by atoms with Gasteiger partial charge in [-0.2, -0.15) is 0 Å². The zero-order chi connectivity index (χ0) is 18.7. The first-order valence-corrected chi connectivity index (χ1v) is 8.16. The van der Waals surface area contributed by atoms with Gasteiger partial charge in [-0.3, -0.25) is 4.79 Å². The summed E-state index contributed by atoms with van der Waals surface area (Å²) in [7, 11) is 1.59. The molecule has 0 aromatic rings. The second-order valence-corrected chi connectivity index (χ2v) is 5.52. The third-order valence-electron chi connectivity index (χ3n) is 3.56. The van der Waals surface area contributed by atoms with Crippen LogP contribution in [0.1, 0.15) is 6.92 Å². The number of amides is 1. The Morgan fingerprint density at radius 3 is 2.20 bits per heavy atom. The van der Waals surface area contributed by atoms with Crippen LogP contribution in [0.4, 0.5) is 0 Å². The molecule has 1 rings (SSSR count). The number of rotatable bonds is 12. The van der Waals surface area contributed by atoms with Crippen LogP contribution in [0.3, 0.4) is 0 Å². The molecular formula is C15H29NO9. The van der Waals surface area contributed by atoms with Gasteiger partial charge in [-0.25, -0.2) is 0 Å². The predicted octanol–water partition coefficient (Wildman–Crippen LogP) is -2.37. The normalized spacial score (nSPS) is 29.6. The molecule has 1 saturated heterocycles. The SMILES string of the molecule is COCCOCCOCCO[C@@H]1O[C@H](CO)[C@@H](O)[C@H](O)[C@H]1NC(C)=O. The zero-order valence-electron chi connectivity index (χ0n) is 14.6. The second-order valence-electron chi connectivity index (χ2n) is 5.52. The first kappa shape index (κ1) is 22.2. The van der Waals surface area contributed by atoms with Gasteiger partial charge in [0.05, 0.1) is 46.2 Å². The minimum Gasteiger partial charge on any atom is -0.394 e. The van der Waals surface area contributed by atoms with Crippen molar-refractivity contribution in [2.45, 2.75) is 37.6 Å². The van der Waals surface area contributed by atoms with E-state index in [4.69, 9.17) is 23.7 Å². The van der Waals surface area contributed by atoms with Crippen molar-refractivity contribution in [3.8, 4) is 0 Å². The number of hydrogen-bond acceptors (Lipinski definition) is 9. The highest BCUT2D eigenvalue weighted by molar-refractivity contribution is 5.73. The van der Waals surface area contributed by atoms with Crippen molar-refractivity contribution in [3.63, 3.8) is 0 Å². The molecule has 0 aromatic carbocycles. The van der Waals surface area contributed by atoms with Crippen molar-refractivity contribution in [2.24, 2.45) is 0 Å². The van der Waals surface area contributed by atoms with Gasteiger partial charge in [0.15, 0.2) is 6.29 Å². The molecule has 10 heteroatoms. The Morgan fingerprint density at radius 1 is 1.04 bits per heavy atom. The standard InChI is InChI=1S/C15H29NO9/c1-10(18)16-12-14(20)13(19)11(9-17)25-15(12)24-8-7-23-6-5-22-4-3-21-2/h11-15,17,19-20H,3-9H2,1-2H3,(H,16,18)/t11-,12-,13-,14-,15-/m1/s1. The molecule has 0 radical (unpaired) electrons. The molecule has 1 amide bonds. The fourth-order valence-electron chi connectivity index (χ4n) is 2.30. The summed E-state index contributed by atoms with van der Waals surface area (Å²) < 4.78 is 26.3. The molecule has 1 aliphatic rings. The van der Waals surface area contributed by atoms with E-state index in [0.29, 0.717) is 26.4 Å². The minimum absolute atomic E-state index is 0.139. The Labute approximate surface area is 147 Å². The highest BCUT2D eigenvalue weighted by Gasteiger charge is 2.45. The summed E-state index contributed by atoms with van der Waals surface area (Å²) in [6, 6.07) is -0.951. The van der Waals surface area contributed by atoms with Crippen LogP contribution in [-0.4, -0.2) is 105 Å². The van der Waals surface area contributed by atoms with Crippen molar-refractivity contribution in [3.05, 3.63) is 0 Å². The summed E-state index contributed by atoms with van der Waals surface area (Å²) in [5.74, 6) is -0.402. The summed E-state index contributed by atoms with van der Waals surface area (Å²) in [6.45, 7) is 3.01. The Morgan fingerprint density at radius 2 is 1.64 bits per heavy atom. The molecule has 1 fully saturated rings. The quantitative estimate of drug-likeness (QED) is 0.279. The van der Waals surface area contributed by atoms with E-state index in [2.05, 4.69) is 5.32 Å². The molecule has 5 atom stereocenters. The summed E-state index contributed by atoms with van der Waals surface area (Å²) in [5.41, 5.74) is 0. The Balaban J connectivity index is 2.33. The summed E-state index contributed by atoms with van der Waals surface area (Å²) >= 11 is 0. The van der Waals surface area contributed by atoms with Crippen molar-refractivity contribution < 1.29 is 43.8 Å².